The molecule has 0 aliphatic heterocycles. The Balaban J connectivity index is 2.16. The molecule has 0 saturated heterocycles. The first-order valence-corrected chi connectivity index (χ1v) is 5.79. The molecule has 0 bridgehead atoms. The van der Waals surface area contributed by atoms with Crippen molar-refractivity contribution in [1.82, 2.24) is 0 Å². The summed E-state index contributed by atoms with van der Waals surface area (Å²) in [6.07, 6.45) is 3.26. The van der Waals surface area contributed by atoms with Gasteiger partial charge in [-0.25, -0.2) is 4.39 Å². The minimum Gasteiger partial charge on any atom is -0.207 e. The van der Waals surface area contributed by atoms with E-state index in [0.717, 1.165) is 12.0 Å². The summed E-state index contributed by atoms with van der Waals surface area (Å²) < 4.78 is 12.9. The van der Waals surface area contributed by atoms with Crippen LogP contribution in [0.1, 0.15) is 18.1 Å². The van der Waals surface area contributed by atoms with E-state index in [-0.39, 0.29) is 5.82 Å². The highest BCUT2D eigenvalue weighted by atomic mass is 19.1. The maximum Gasteiger partial charge on any atom is 0.123 e. The molecule has 1 heteroatoms. The zero-order valence-electron chi connectivity index (χ0n) is 9.70. The monoisotopic (exact) mass is 224 g/mol. The number of allylic oxidation sites excluding steroid dienone is 1. The fourth-order valence-electron chi connectivity index (χ4n) is 2.42. The van der Waals surface area contributed by atoms with Gasteiger partial charge in [-0.2, -0.15) is 0 Å². The number of hydrogen-bond donors (Lipinski definition) is 0. The van der Waals surface area contributed by atoms with Crippen molar-refractivity contribution >= 4 is 6.08 Å². The Morgan fingerprint density at radius 1 is 1.00 bits per heavy atom. The van der Waals surface area contributed by atoms with E-state index in [2.05, 4.69) is 31.2 Å². The maximum atomic E-state index is 12.9. The SMILES string of the molecule is CC1=Cc2c(cccc2-c2ccc(F)cc2)C1. The standard InChI is InChI=1S/C16H13F/c1-11-9-13-3-2-4-15(16(13)10-11)12-5-7-14(17)8-6-12/h2-8,10H,9H2,1H3. The van der Waals surface area contributed by atoms with Crippen molar-refractivity contribution in [2.45, 2.75) is 13.3 Å². The summed E-state index contributed by atoms with van der Waals surface area (Å²) in [4.78, 5) is 0. The molecule has 0 aromatic heterocycles. The fourth-order valence-corrected chi connectivity index (χ4v) is 2.42. The second-order valence-corrected chi connectivity index (χ2v) is 4.55. The fraction of sp³-hybridized carbons (Fsp3) is 0.125. The minimum absolute atomic E-state index is 0.187. The van der Waals surface area contributed by atoms with E-state index < -0.39 is 0 Å². The summed E-state index contributed by atoms with van der Waals surface area (Å²) >= 11 is 0. The number of hydrogen-bond acceptors (Lipinski definition) is 0. The van der Waals surface area contributed by atoms with Crippen molar-refractivity contribution in [2.75, 3.05) is 0 Å². The lowest BCUT2D eigenvalue weighted by Gasteiger charge is -2.07. The molecule has 0 saturated carbocycles. The molecule has 0 N–H and O–H groups in total. The van der Waals surface area contributed by atoms with Crippen molar-refractivity contribution in [3.63, 3.8) is 0 Å². The van der Waals surface area contributed by atoms with E-state index in [1.54, 1.807) is 0 Å². The topological polar surface area (TPSA) is 0 Å². The summed E-state index contributed by atoms with van der Waals surface area (Å²) in [5, 5.41) is 0. The highest BCUT2D eigenvalue weighted by Crippen LogP contribution is 2.33. The normalized spacial score (nSPS) is 13.4. The first kappa shape index (κ1) is 10.3. The molecule has 0 fully saturated rings. The lowest BCUT2D eigenvalue weighted by atomic mass is 9.97. The van der Waals surface area contributed by atoms with Gasteiger partial charge in [0.1, 0.15) is 5.82 Å². The lowest BCUT2D eigenvalue weighted by Crippen LogP contribution is -1.87. The van der Waals surface area contributed by atoms with Crippen LogP contribution in [0.4, 0.5) is 4.39 Å². The van der Waals surface area contributed by atoms with Crippen molar-refractivity contribution in [3.05, 3.63) is 65.0 Å². The van der Waals surface area contributed by atoms with E-state index >= 15 is 0 Å². The molecule has 0 heterocycles. The summed E-state index contributed by atoms with van der Waals surface area (Å²) in [7, 11) is 0. The second kappa shape index (κ2) is 3.85. The summed E-state index contributed by atoms with van der Waals surface area (Å²) in [5.41, 5.74) is 6.31. The van der Waals surface area contributed by atoms with Gasteiger partial charge >= 0.3 is 0 Å². The van der Waals surface area contributed by atoms with Gasteiger partial charge in [-0.15, -0.1) is 0 Å². The van der Waals surface area contributed by atoms with Gasteiger partial charge in [-0.1, -0.05) is 42.0 Å². The van der Waals surface area contributed by atoms with Crippen molar-refractivity contribution in [2.24, 2.45) is 0 Å². The number of fused-ring (bicyclic) bond motifs is 1. The third-order valence-electron chi connectivity index (χ3n) is 3.21. The maximum absolute atomic E-state index is 12.9. The molecule has 0 radical (unpaired) electrons. The van der Waals surface area contributed by atoms with Crippen LogP contribution in [0.3, 0.4) is 0 Å². The molecule has 0 nitrogen and oxygen atoms in total. The predicted octanol–water partition coefficient (Wildman–Crippen LogP) is 4.45. The van der Waals surface area contributed by atoms with Crippen molar-refractivity contribution < 1.29 is 4.39 Å². The van der Waals surface area contributed by atoms with Crippen LogP contribution in [0.5, 0.6) is 0 Å². The van der Waals surface area contributed by atoms with Gasteiger partial charge in [0.2, 0.25) is 0 Å². The van der Waals surface area contributed by atoms with Crippen LogP contribution in [-0.2, 0) is 6.42 Å². The molecule has 0 atom stereocenters. The Morgan fingerprint density at radius 2 is 1.76 bits per heavy atom. The number of halogens is 1. The Bertz CT molecular complexity index is 591. The number of benzene rings is 2. The Hall–Kier alpha value is -1.89. The number of rotatable bonds is 1. The minimum atomic E-state index is -0.187. The molecule has 2 aromatic rings. The van der Waals surface area contributed by atoms with E-state index in [1.165, 1.54) is 34.4 Å². The van der Waals surface area contributed by atoms with Crippen LogP contribution in [0, 0.1) is 5.82 Å². The average Bonchev–Trinajstić information content (AvgIpc) is 2.70. The molecule has 0 spiro atoms. The van der Waals surface area contributed by atoms with Crippen LogP contribution in [0.25, 0.3) is 17.2 Å². The van der Waals surface area contributed by atoms with Gasteiger partial charge in [-0.05, 0) is 47.7 Å². The van der Waals surface area contributed by atoms with Crippen molar-refractivity contribution in [3.8, 4) is 11.1 Å². The molecule has 2 aromatic carbocycles. The van der Waals surface area contributed by atoms with E-state index in [0.29, 0.717) is 0 Å². The second-order valence-electron chi connectivity index (χ2n) is 4.55. The quantitative estimate of drug-likeness (QED) is 0.671. The zero-order valence-corrected chi connectivity index (χ0v) is 9.70. The molecule has 3 rings (SSSR count). The molecule has 1 aliphatic rings. The molecular weight excluding hydrogens is 211 g/mol. The molecular formula is C16H13F. The highest BCUT2D eigenvalue weighted by molar-refractivity contribution is 5.80. The van der Waals surface area contributed by atoms with Crippen LogP contribution >= 0.6 is 0 Å². The van der Waals surface area contributed by atoms with Crippen LogP contribution < -0.4 is 0 Å². The molecule has 0 unspecified atom stereocenters. The summed E-state index contributed by atoms with van der Waals surface area (Å²) in [6.45, 7) is 2.15. The Labute approximate surface area is 100 Å². The van der Waals surface area contributed by atoms with Crippen LogP contribution in [-0.4, -0.2) is 0 Å². The highest BCUT2D eigenvalue weighted by Gasteiger charge is 2.13. The first-order valence-electron chi connectivity index (χ1n) is 5.79. The average molecular weight is 224 g/mol. The van der Waals surface area contributed by atoms with Gasteiger partial charge in [0.05, 0.1) is 0 Å². The van der Waals surface area contributed by atoms with E-state index in [4.69, 9.17) is 0 Å². The van der Waals surface area contributed by atoms with Gasteiger partial charge < -0.3 is 0 Å². The van der Waals surface area contributed by atoms with Crippen LogP contribution in [0.15, 0.2) is 48.0 Å². The first-order chi connectivity index (χ1) is 8.24. The third-order valence-corrected chi connectivity index (χ3v) is 3.21. The molecule has 1 aliphatic carbocycles. The lowest BCUT2D eigenvalue weighted by molar-refractivity contribution is 0.628. The smallest absolute Gasteiger partial charge is 0.123 e. The van der Waals surface area contributed by atoms with Crippen molar-refractivity contribution in [1.29, 1.82) is 0 Å². The van der Waals surface area contributed by atoms with E-state index in [9.17, 15) is 4.39 Å². The Kier molecular flexibility index (Phi) is 2.32. The molecule has 84 valence electrons. The Morgan fingerprint density at radius 3 is 2.53 bits per heavy atom. The summed E-state index contributed by atoms with van der Waals surface area (Å²) in [5.74, 6) is -0.187. The van der Waals surface area contributed by atoms with Gasteiger partial charge in [0.15, 0.2) is 0 Å². The predicted molar refractivity (Wildman–Crippen MR) is 69.2 cm³/mol. The van der Waals surface area contributed by atoms with Gasteiger partial charge in [0.25, 0.3) is 0 Å². The van der Waals surface area contributed by atoms with Crippen LogP contribution in [0.2, 0.25) is 0 Å². The third kappa shape index (κ3) is 1.78. The largest absolute Gasteiger partial charge is 0.207 e. The summed E-state index contributed by atoms with van der Waals surface area (Å²) in [6, 6.07) is 13.0. The van der Waals surface area contributed by atoms with Gasteiger partial charge in [-0.3, -0.25) is 0 Å². The van der Waals surface area contributed by atoms with E-state index in [1.807, 2.05) is 12.1 Å². The molecule has 0 amide bonds. The zero-order chi connectivity index (χ0) is 11.8. The molecule has 17 heavy (non-hydrogen) atoms. The van der Waals surface area contributed by atoms with Gasteiger partial charge in [0, 0.05) is 0 Å².